The lowest BCUT2D eigenvalue weighted by Crippen LogP contribution is -2.46. The zero-order valence-corrected chi connectivity index (χ0v) is 16.4. The fourth-order valence-corrected chi connectivity index (χ4v) is 3.80. The molecule has 8 nitrogen and oxygen atoms in total. The van der Waals surface area contributed by atoms with Crippen molar-refractivity contribution in [3.05, 3.63) is 70.4 Å². The average molecular weight is 394 g/mol. The van der Waals surface area contributed by atoms with E-state index in [1.54, 1.807) is 18.3 Å². The van der Waals surface area contributed by atoms with Gasteiger partial charge in [0.15, 0.2) is 0 Å². The Bertz CT molecular complexity index is 950. The first kappa shape index (κ1) is 19.4. The largest absolute Gasteiger partial charge is 0.372 e. The van der Waals surface area contributed by atoms with Gasteiger partial charge in [0.2, 0.25) is 11.5 Å². The van der Waals surface area contributed by atoms with E-state index in [0.29, 0.717) is 18.0 Å². The zero-order valence-electron chi connectivity index (χ0n) is 16.4. The number of rotatable bonds is 8. The highest BCUT2D eigenvalue weighted by Crippen LogP contribution is 2.25. The maximum Gasteiger partial charge on any atom is 0.372 e. The molecule has 8 heteroatoms. The second-order valence-corrected chi connectivity index (χ2v) is 7.35. The molecule has 0 atom stereocenters. The normalized spacial score (nSPS) is 15.6. The fourth-order valence-electron chi connectivity index (χ4n) is 3.80. The molecule has 1 saturated heterocycles. The molecular weight excluding hydrogens is 368 g/mol. The summed E-state index contributed by atoms with van der Waals surface area (Å²) in [4.78, 5) is 20.4. The van der Waals surface area contributed by atoms with E-state index in [9.17, 15) is 10.1 Å². The van der Waals surface area contributed by atoms with Crippen molar-refractivity contribution in [1.29, 1.82) is 0 Å². The maximum atomic E-state index is 11.4. The van der Waals surface area contributed by atoms with Crippen molar-refractivity contribution < 1.29 is 4.92 Å². The highest BCUT2D eigenvalue weighted by Gasteiger charge is 2.22. The topological polar surface area (TPSA) is 79.0 Å². The number of nitrogens with zero attached hydrogens (tertiary/aromatic N) is 5. The molecule has 0 bridgehead atoms. The van der Waals surface area contributed by atoms with Crippen LogP contribution in [0.1, 0.15) is 12.0 Å². The Morgan fingerprint density at radius 2 is 1.72 bits per heavy atom. The molecule has 1 aliphatic rings. The predicted octanol–water partition coefficient (Wildman–Crippen LogP) is 2.86. The fraction of sp³-hybridized carbons (Fsp3) is 0.381. The third-order valence-corrected chi connectivity index (χ3v) is 5.34. The summed E-state index contributed by atoms with van der Waals surface area (Å²) in [6.07, 6.45) is 2.59. The molecule has 2 aromatic heterocycles. The van der Waals surface area contributed by atoms with Gasteiger partial charge in [0.25, 0.3) is 0 Å². The van der Waals surface area contributed by atoms with Gasteiger partial charge in [0.05, 0.1) is 6.20 Å². The van der Waals surface area contributed by atoms with Crippen LogP contribution in [0.25, 0.3) is 5.65 Å². The number of hydrogen-bond donors (Lipinski definition) is 1. The molecule has 152 valence electrons. The van der Waals surface area contributed by atoms with Crippen LogP contribution in [0.4, 0.5) is 11.6 Å². The van der Waals surface area contributed by atoms with Gasteiger partial charge in [-0.3, -0.25) is 4.90 Å². The van der Waals surface area contributed by atoms with E-state index in [2.05, 4.69) is 50.4 Å². The number of fused-ring (bicyclic) bond motifs is 1. The van der Waals surface area contributed by atoms with E-state index in [-0.39, 0.29) is 10.7 Å². The summed E-state index contributed by atoms with van der Waals surface area (Å²) in [7, 11) is 0. The minimum atomic E-state index is -0.381. The lowest BCUT2D eigenvalue weighted by molar-refractivity contribution is -0.389. The number of benzene rings is 1. The first-order chi connectivity index (χ1) is 14.2. The first-order valence-corrected chi connectivity index (χ1v) is 10.0. The van der Waals surface area contributed by atoms with Crippen molar-refractivity contribution in [1.82, 2.24) is 19.2 Å². The lowest BCUT2D eigenvalue weighted by Gasteiger charge is -2.34. The summed E-state index contributed by atoms with van der Waals surface area (Å²) in [5, 5.41) is 14.6. The van der Waals surface area contributed by atoms with Crippen molar-refractivity contribution >= 4 is 17.3 Å². The molecule has 1 N–H and O–H groups in total. The number of hydrogen-bond acceptors (Lipinski definition) is 6. The molecule has 3 heterocycles. The van der Waals surface area contributed by atoms with Gasteiger partial charge in [0, 0.05) is 45.3 Å². The molecule has 4 rings (SSSR count). The molecule has 0 unspecified atom stereocenters. The van der Waals surface area contributed by atoms with Crippen molar-refractivity contribution in [2.24, 2.45) is 0 Å². The van der Waals surface area contributed by atoms with E-state index in [4.69, 9.17) is 0 Å². The molecule has 29 heavy (non-hydrogen) atoms. The smallest absolute Gasteiger partial charge is 0.363 e. The van der Waals surface area contributed by atoms with Crippen LogP contribution < -0.4 is 5.32 Å². The van der Waals surface area contributed by atoms with Crippen LogP contribution in [-0.2, 0) is 6.54 Å². The molecule has 0 radical (unpaired) electrons. The van der Waals surface area contributed by atoms with Crippen LogP contribution in [0.3, 0.4) is 0 Å². The number of piperazine rings is 1. The molecule has 0 amide bonds. The van der Waals surface area contributed by atoms with Gasteiger partial charge in [-0.25, -0.2) is 0 Å². The molecule has 0 spiro atoms. The van der Waals surface area contributed by atoms with Crippen LogP contribution in [0.5, 0.6) is 0 Å². The number of nitrogens with one attached hydrogen (secondary N) is 1. The summed E-state index contributed by atoms with van der Waals surface area (Å²) in [5.41, 5.74) is 1.94. The van der Waals surface area contributed by atoms with E-state index in [1.165, 1.54) is 9.96 Å². The van der Waals surface area contributed by atoms with E-state index >= 15 is 0 Å². The van der Waals surface area contributed by atoms with Gasteiger partial charge >= 0.3 is 5.82 Å². The Morgan fingerprint density at radius 1 is 1.00 bits per heavy atom. The number of imidazole rings is 1. The van der Waals surface area contributed by atoms with E-state index < -0.39 is 0 Å². The van der Waals surface area contributed by atoms with E-state index in [1.807, 2.05) is 6.07 Å². The number of anilines is 1. The standard InChI is InChI=1S/C21H26N6O2/c28-27(29)21-20(23-19-9-4-5-12-26(19)21)22-10-6-11-24-13-15-25(16-14-24)17-18-7-2-1-3-8-18/h1-5,7-9,12,22H,6,10-11,13-17H2. The molecule has 1 aromatic carbocycles. The lowest BCUT2D eigenvalue weighted by atomic mass is 10.2. The molecule has 3 aromatic rings. The van der Waals surface area contributed by atoms with Crippen molar-refractivity contribution in [3.8, 4) is 0 Å². The molecule has 1 aliphatic heterocycles. The van der Waals surface area contributed by atoms with Crippen LogP contribution in [0.2, 0.25) is 0 Å². The predicted molar refractivity (Wildman–Crippen MR) is 113 cm³/mol. The molecular formula is C21H26N6O2. The minimum Gasteiger partial charge on any atom is -0.363 e. The number of aromatic nitrogens is 2. The quantitative estimate of drug-likeness (QED) is 0.360. The number of nitro groups is 1. The summed E-state index contributed by atoms with van der Waals surface area (Å²) < 4.78 is 1.51. The number of pyridine rings is 1. The van der Waals surface area contributed by atoms with Gasteiger partial charge in [-0.2, -0.15) is 9.38 Å². The van der Waals surface area contributed by atoms with Crippen molar-refractivity contribution in [3.63, 3.8) is 0 Å². The maximum absolute atomic E-state index is 11.4. The highest BCUT2D eigenvalue weighted by molar-refractivity contribution is 5.62. The van der Waals surface area contributed by atoms with Crippen LogP contribution in [-0.4, -0.2) is 63.4 Å². The SMILES string of the molecule is O=[N+]([O-])c1c(NCCCN2CCN(Cc3ccccc3)CC2)nc2ccccn12. The van der Waals surface area contributed by atoms with Crippen LogP contribution in [0, 0.1) is 10.1 Å². The summed E-state index contributed by atoms with van der Waals surface area (Å²) in [6.45, 7) is 6.90. The zero-order chi connectivity index (χ0) is 20.1. The Balaban J connectivity index is 1.22. The van der Waals surface area contributed by atoms with Crippen molar-refractivity contribution in [2.45, 2.75) is 13.0 Å². The van der Waals surface area contributed by atoms with Gasteiger partial charge in [0.1, 0.15) is 0 Å². The third kappa shape index (κ3) is 4.72. The van der Waals surface area contributed by atoms with Gasteiger partial charge in [-0.1, -0.05) is 36.4 Å². The minimum absolute atomic E-state index is 0.00451. The Labute approximate surface area is 169 Å². The molecule has 1 fully saturated rings. The van der Waals surface area contributed by atoms with Gasteiger partial charge < -0.3 is 20.3 Å². The van der Waals surface area contributed by atoms with E-state index in [0.717, 1.165) is 45.7 Å². The highest BCUT2D eigenvalue weighted by atomic mass is 16.6. The molecule has 0 aliphatic carbocycles. The van der Waals surface area contributed by atoms with Crippen LogP contribution >= 0.6 is 0 Å². The monoisotopic (exact) mass is 394 g/mol. The summed E-state index contributed by atoms with van der Waals surface area (Å²) in [6, 6.07) is 15.9. The Hall–Kier alpha value is -2.97. The first-order valence-electron chi connectivity index (χ1n) is 10.0. The second-order valence-electron chi connectivity index (χ2n) is 7.35. The van der Waals surface area contributed by atoms with Gasteiger partial charge in [-0.15, -0.1) is 0 Å². The van der Waals surface area contributed by atoms with Gasteiger partial charge in [-0.05, 0) is 29.5 Å². The average Bonchev–Trinajstić information content (AvgIpc) is 3.12. The summed E-state index contributed by atoms with van der Waals surface area (Å²) >= 11 is 0. The third-order valence-electron chi connectivity index (χ3n) is 5.34. The van der Waals surface area contributed by atoms with Crippen LogP contribution in [0.15, 0.2) is 54.7 Å². The Kier molecular flexibility index (Phi) is 6.02. The second kappa shape index (κ2) is 9.02. The summed E-state index contributed by atoms with van der Waals surface area (Å²) in [5.74, 6) is 0.337. The molecule has 0 saturated carbocycles. The Morgan fingerprint density at radius 3 is 2.48 bits per heavy atom. The van der Waals surface area contributed by atoms with Crippen molar-refractivity contribution in [2.75, 3.05) is 44.6 Å².